The van der Waals surface area contributed by atoms with Crippen LogP contribution >= 0.6 is 0 Å². The smallest absolute Gasteiger partial charge is 0.0807 e. The van der Waals surface area contributed by atoms with Gasteiger partial charge in [-0.25, -0.2) is 0 Å². The van der Waals surface area contributed by atoms with E-state index in [9.17, 15) is 5.11 Å². The summed E-state index contributed by atoms with van der Waals surface area (Å²) in [5.74, 6) is 0. The summed E-state index contributed by atoms with van der Waals surface area (Å²) >= 11 is 0. The molecule has 1 saturated heterocycles. The van der Waals surface area contributed by atoms with Crippen molar-refractivity contribution in [2.75, 3.05) is 31.6 Å². The van der Waals surface area contributed by atoms with Crippen molar-refractivity contribution in [1.82, 2.24) is 4.90 Å². The number of hydrogen-bond acceptors (Lipinski definition) is 3. The zero-order valence-electron chi connectivity index (χ0n) is 13.0. The molecule has 112 valence electrons. The Morgan fingerprint density at radius 1 is 1.35 bits per heavy atom. The zero-order chi connectivity index (χ0) is 14.5. The fourth-order valence-electron chi connectivity index (χ4n) is 3.27. The lowest BCUT2D eigenvalue weighted by Gasteiger charge is -2.30. The lowest BCUT2D eigenvalue weighted by molar-refractivity contribution is 0.174. The summed E-state index contributed by atoms with van der Waals surface area (Å²) in [5, 5.41) is 10.2. The van der Waals surface area contributed by atoms with Crippen LogP contribution in [0.4, 0.5) is 5.69 Å². The minimum Gasteiger partial charge on any atom is -0.388 e. The first-order valence-electron chi connectivity index (χ1n) is 7.89. The Morgan fingerprint density at radius 3 is 2.80 bits per heavy atom. The van der Waals surface area contributed by atoms with Gasteiger partial charge in [-0.15, -0.1) is 0 Å². The first kappa shape index (κ1) is 15.3. The summed E-state index contributed by atoms with van der Waals surface area (Å²) < 4.78 is 0. The highest BCUT2D eigenvalue weighted by Gasteiger charge is 2.25. The Bertz CT molecular complexity index is 421. The first-order valence-corrected chi connectivity index (χ1v) is 7.89. The van der Waals surface area contributed by atoms with Crippen LogP contribution in [0.2, 0.25) is 0 Å². The fraction of sp³-hybridized carbons (Fsp3) is 0.647. The van der Waals surface area contributed by atoms with E-state index in [1.807, 2.05) is 19.1 Å². The molecule has 1 aromatic carbocycles. The first-order chi connectivity index (χ1) is 9.67. The standard InChI is InChI=1S/C17H28N2O/c1-4-17(20)15-10-6-7-11-16(15)18(3)13-14-9-8-12-19(14)5-2/h6-7,10-11,14,17,20H,4-5,8-9,12-13H2,1-3H3. The van der Waals surface area contributed by atoms with Crippen molar-refractivity contribution in [3.8, 4) is 0 Å². The monoisotopic (exact) mass is 276 g/mol. The molecule has 0 bridgehead atoms. The second kappa shape index (κ2) is 7.09. The number of aliphatic hydroxyl groups is 1. The van der Waals surface area contributed by atoms with Gasteiger partial charge in [-0.3, -0.25) is 4.90 Å². The molecule has 2 unspecified atom stereocenters. The minimum atomic E-state index is -0.362. The number of rotatable bonds is 6. The molecule has 1 fully saturated rings. The van der Waals surface area contributed by atoms with Crippen LogP contribution in [0.25, 0.3) is 0 Å². The Hall–Kier alpha value is -1.06. The highest BCUT2D eigenvalue weighted by atomic mass is 16.3. The van der Waals surface area contributed by atoms with Gasteiger partial charge in [-0.05, 0) is 38.4 Å². The number of likely N-dealkylation sites (N-methyl/N-ethyl adjacent to an activating group) is 2. The average Bonchev–Trinajstić information content (AvgIpc) is 2.93. The van der Waals surface area contributed by atoms with Gasteiger partial charge in [0.25, 0.3) is 0 Å². The molecule has 0 aromatic heterocycles. The van der Waals surface area contributed by atoms with Crippen LogP contribution < -0.4 is 4.90 Å². The van der Waals surface area contributed by atoms with E-state index in [0.717, 1.165) is 25.1 Å². The van der Waals surface area contributed by atoms with E-state index in [0.29, 0.717) is 6.04 Å². The number of hydrogen-bond donors (Lipinski definition) is 1. The number of benzene rings is 1. The van der Waals surface area contributed by atoms with Crippen molar-refractivity contribution in [3.63, 3.8) is 0 Å². The van der Waals surface area contributed by atoms with Crippen LogP contribution in [0, 0.1) is 0 Å². The summed E-state index contributed by atoms with van der Waals surface area (Å²) in [7, 11) is 2.15. The molecule has 3 nitrogen and oxygen atoms in total. The van der Waals surface area contributed by atoms with Gasteiger partial charge in [-0.2, -0.15) is 0 Å². The second-order valence-electron chi connectivity index (χ2n) is 5.79. The van der Waals surface area contributed by atoms with Crippen LogP contribution in [0.5, 0.6) is 0 Å². The Balaban J connectivity index is 2.11. The molecular weight excluding hydrogens is 248 g/mol. The van der Waals surface area contributed by atoms with Crippen LogP contribution in [0.15, 0.2) is 24.3 Å². The van der Waals surface area contributed by atoms with E-state index in [4.69, 9.17) is 0 Å². The third-order valence-electron chi connectivity index (χ3n) is 4.48. The molecule has 20 heavy (non-hydrogen) atoms. The van der Waals surface area contributed by atoms with Gasteiger partial charge in [-0.1, -0.05) is 32.0 Å². The van der Waals surface area contributed by atoms with E-state index in [1.54, 1.807) is 0 Å². The average molecular weight is 276 g/mol. The van der Waals surface area contributed by atoms with E-state index in [1.165, 1.54) is 25.1 Å². The maximum absolute atomic E-state index is 10.2. The molecule has 1 N–H and O–H groups in total. The van der Waals surface area contributed by atoms with E-state index < -0.39 is 0 Å². The number of likely N-dealkylation sites (tertiary alicyclic amines) is 1. The van der Waals surface area contributed by atoms with Crippen LogP contribution in [-0.2, 0) is 0 Å². The molecule has 0 radical (unpaired) electrons. The molecule has 2 atom stereocenters. The highest BCUT2D eigenvalue weighted by molar-refractivity contribution is 5.54. The summed E-state index contributed by atoms with van der Waals surface area (Å²) in [6.45, 7) is 7.68. The van der Waals surface area contributed by atoms with Crippen molar-refractivity contribution < 1.29 is 5.11 Å². The quantitative estimate of drug-likeness (QED) is 0.865. The minimum absolute atomic E-state index is 0.362. The third-order valence-corrected chi connectivity index (χ3v) is 4.48. The number of aliphatic hydroxyl groups excluding tert-OH is 1. The van der Waals surface area contributed by atoms with Crippen LogP contribution in [0.1, 0.15) is 44.8 Å². The van der Waals surface area contributed by atoms with Crippen molar-refractivity contribution >= 4 is 5.69 Å². The predicted octanol–water partition coefficient (Wildman–Crippen LogP) is 3.05. The number of nitrogens with zero attached hydrogens (tertiary/aromatic N) is 2. The summed E-state index contributed by atoms with van der Waals surface area (Å²) in [4.78, 5) is 4.88. The lowest BCUT2D eigenvalue weighted by atomic mass is 10.0. The molecule has 1 aromatic rings. The topological polar surface area (TPSA) is 26.7 Å². The Labute approximate surface area is 123 Å². The van der Waals surface area contributed by atoms with Gasteiger partial charge in [0.1, 0.15) is 0 Å². The second-order valence-corrected chi connectivity index (χ2v) is 5.79. The normalized spacial score (nSPS) is 21.1. The number of anilines is 1. The lowest BCUT2D eigenvalue weighted by Crippen LogP contribution is -2.39. The molecule has 1 aliphatic heterocycles. The molecule has 0 amide bonds. The highest BCUT2D eigenvalue weighted by Crippen LogP contribution is 2.28. The van der Waals surface area contributed by atoms with Crippen molar-refractivity contribution in [2.45, 2.75) is 45.3 Å². The van der Waals surface area contributed by atoms with Gasteiger partial charge in [0.05, 0.1) is 6.10 Å². The Kier molecular flexibility index (Phi) is 5.44. The Morgan fingerprint density at radius 2 is 2.10 bits per heavy atom. The van der Waals surface area contributed by atoms with Gasteiger partial charge < -0.3 is 10.0 Å². The van der Waals surface area contributed by atoms with Crippen molar-refractivity contribution in [2.24, 2.45) is 0 Å². The largest absolute Gasteiger partial charge is 0.388 e. The van der Waals surface area contributed by atoms with Crippen LogP contribution in [-0.4, -0.2) is 42.7 Å². The summed E-state index contributed by atoms with van der Waals surface area (Å²) in [5.41, 5.74) is 2.23. The molecule has 1 aliphatic rings. The molecule has 1 heterocycles. The maximum atomic E-state index is 10.2. The molecule has 2 rings (SSSR count). The molecule has 0 spiro atoms. The van der Waals surface area contributed by atoms with Crippen molar-refractivity contribution in [3.05, 3.63) is 29.8 Å². The molecule has 0 aliphatic carbocycles. The predicted molar refractivity (Wildman–Crippen MR) is 85.2 cm³/mol. The van der Waals surface area contributed by atoms with Crippen LogP contribution in [0.3, 0.4) is 0 Å². The van der Waals surface area contributed by atoms with Gasteiger partial charge in [0, 0.05) is 30.9 Å². The third kappa shape index (κ3) is 3.33. The number of para-hydroxylation sites is 1. The van der Waals surface area contributed by atoms with E-state index in [2.05, 4.69) is 35.9 Å². The van der Waals surface area contributed by atoms with E-state index in [-0.39, 0.29) is 6.10 Å². The van der Waals surface area contributed by atoms with Gasteiger partial charge in [0.2, 0.25) is 0 Å². The SMILES string of the molecule is CCC(O)c1ccccc1N(C)CC1CCCN1CC. The fourth-order valence-corrected chi connectivity index (χ4v) is 3.27. The van der Waals surface area contributed by atoms with E-state index >= 15 is 0 Å². The summed E-state index contributed by atoms with van der Waals surface area (Å²) in [6.07, 6.45) is 3.00. The zero-order valence-corrected chi connectivity index (χ0v) is 13.0. The molecule has 0 saturated carbocycles. The molecule has 3 heteroatoms. The molecular formula is C17H28N2O. The van der Waals surface area contributed by atoms with Gasteiger partial charge >= 0.3 is 0 Å². The maximum Gasteiger partial charge on any atom is 0.0807 e. The summed E-state index contributed by atoms with van der Waals surface area (Å²) in [6, 6.07) is 8.89. The van der Waals surface area contributed by atoms with Gasteiger partial charge in [0.15, 0.2) is 0 Å². The van der Waals surface area contributed by atoms with Crippen molar-refractivity contribution in [1.29, 1.82) is 0 Å².